The van der Waals surface area contributed by atoms with Crippen LogP contribution >= 0.6 is 11.8 Å². The number of hydrogen-bond donors (Lipinski definition) is 0. The van der Waals surface area contributed by atoms with Crippen molar-refractivity contribution in [3.05, 3.63) is 29.8 Å². The molecule has 8 nitrogen and oxygen atoms in total. The van der Waals surface area contributed by atoms with Gasteiger partial charge >= 0.3 is 6.09 Å². The van der Waals surface area contributed by atoms with Gasteiger partial charge < -0.3 is 4.74 Å². The first-order chi connectivity index (χ1) is 11.6. The molecule has 1 fully saturated rings. The summed E-state index contributed by atoms with van der Waals surface area (Å²) in [5, 5.41) is 12.1. The van der Waals surface area contributed by atoms with Gasteiger partial charge in [0.15, 0.2) is 0 Å². The molecule has 1 aliphatic heterocycles. The summed E-state index contributed by atoms with van der Waals surface area (Å²) >= 11 is 1.18. The molecule has 0 aliphatic carbocycles. The van der Waals surface area contributed by atoms with Crippen LogP contribution in [0.5, 0.6) is 0 Å². The first-order valence-corrected chi connectivity index (χ1v) is 8.53. The van der Waals surface area contributed by atoms with Crippen LogP contribution in [0.3, 0.4) is 0 Å². The van der Waals surface area contributed by atoms with Crippen molar-refractivity contribution < 1.29 is 14.3 Å². The van der Waals surface area contributed by atoms with E-state index in [9.17, 15) is 9.59 Å². The van der Waals surface area contributed by atoms with E-state index >= 15 is 0 Å². The lowest BCUT2D eigenvalue weighted by Gasteiger charge is -2.10. The minimum absolute atomic E-state index is 0.0690. The quantitative estimate of drug-likeness (QED) is 0.762. The van der Waals surface area contributed by atoms with E-state index in [1.54, 1.807) is 4.68 Å². The molecule has 1 aromatic heterocycles. The van der Waals surface area contributed by atoms with Crippen molar-refractivity contribution in [3.63, 3.8) is 0 Å². The Bertz CT molecular complexity index is 744. The number of benzene rings is 1. The third-order valence-electron chi connectivity index (χ3n) is 3.63. The van der Waals surface area contributed by atoms with E-state index in [0.717, 1.165) is 10.6 Å². The number of ether oxygens (including phenoxy) is 1. The van der Waals surface area contributed by atoms with Gasteiger partial charge in [0.1, 0.15) is 6.61 Å². The van der Waals surface area contributed by atoms with E-state index in [-0.39, 0.29) is 18.3 Å². The number of hydrogen-bond acceptors (Lipinski definition) is 7. The average molecular weight is 347 g/mol. The molecule has 0 unspecified atom stereocenters. The molecule has 2 heterocycles. The van der Waals surface area contributed by atoms with Crippen molar-refractivity contribution >= 4 is 23.8 Å². The van der Waals surface area contributed by atoms with E-state index in [1.165, 1.54) is 17.3 Å². The summed E-state index contributed by atoms with van der Waals surface area (Å²) in [6.45, 7) is 4.79. The molecule has 0 spiro atoms. The maximum absolute atomic E-state index is 12.0. The molecular weight excluding hydrogens is 330 g/mol. The van der Waals surface area contributed by atoms with Crippen molar-refractivity contribution in [2.75, 3.05) is 18.9 Å². The predicted octanol–water partition coefficient (Wildman–Crippen LogP) is 1.86. The van der Waals surface area contributed by atoms with E-state index in [0.29, 0.717) is 17.6 Å². The van der Waals surface area contributed by atoms with Crippen LogP contribution in [-0.2, 0) is 9.53 Å². The van der Waals surface area contributed by atoms with Gasteiger partial charge in [0.05, 0.1) is 18.0 Å². The molecular formula is C15H17N5O3S. The summed E-state index contributed by atoms with van der Waals surface area (Å²) in [4.78, 5) is 24.5. The summed E-state index contributed by atoms with van der Waals surface area (Å²) in [7, 11) is 0. The Labute approximate surface area is 143 Å². The summed E-state index contributed by atoms with van der Waals surface area (Å²) < 4.78 is 6.33. The largest absolute Gasteiger partial charge is 0.447 e. The third-order valence-corrected chi connectivity index (χ3v) is 4.54. The molecule has 2 aromatic rings. The molecule has 0 radical (unpaired) electrons. The second kappa shape index (κ2) is 7.00. The Kier molecular flexibility index (Phi) is 4.79. The van der Waals surface area contributed by atoms with Gasteiger partial charge in [-0.2, -0.15) is 4.68 Å². The first kappa shape index (κ1) is 16.4. The van der Waals surface area contributed by atoms with Crippen LogP contribution < -0.4 is 0 Å². The minimum atomic E-state index is -0.593. The fourth-order valence-electron chi connectivity index (χ4n) is 2.26. The Balaban J connectivity index is 1.69. The second-order valence-corrected chi connectivity index (χ2v) is 6.51. The predicted molar refractivity (Wildman–Crippen MR) is 87.0 cm³/mol. The highest BCUT2D eigenvalue weighted by molar-refractivity contribution is 7.99. The molecule has 126 valence electrons. The highest BCUT2D eigenvalue weighted by atomic mass is 32.2. The van der Waals surface area contributed by atoms with Gasteiger partial charge in [-0.05, 0) is 34.0 Å². The van der Waals surface area contributed by atoms with Crippen molar-refractivity contribution in [3.8, 4) is 5.69 Å². The number of thioether (sulfide) groups is 1. The SMILES string of the molecule is CC(C)c1ccc(-n2nnnc2SCC(=O)N2CCOC2=O)cc1. The summed E-state index contributed by atoms with van der Waals surface area (Å²) in [6.07, 6.45) is -0.593. The van der Waals surface area contributed by atoms with Crippen LogP contribution in [0.2, 0.25) is 0 Å². The number of imide groups is 1. The van der Waals surface area contributed by atoms with Gasteiger partial charge in [0.25, 0.3) is 0 Å². The molecule has 24 heavy (non-hydrogen) atoms. The fourth-order valence-corrected chi connectivity index (χ4v) is 3.02. The zero-order valence-electron chi connectivity index (χ0n) is 13.4. The van der Waals surface area contributed by atoms with Crippen molar-refractivity contribution in [1.82, 2.24) is 25.1 Å². The van der Waals surface area contributed by atoms with Crippen molar-refractivity contribution in [2.24, 2.45) is 0 Å². The number of cyclic esters (lactones) is 1. The lowest BCUT2D eigenvalue weighted by Crippen LogP contribution is -2.33. The standard InChI is InChI=1S/C15H17N5O3S/c1-10(2)11-3-5-12(6-4-11)20-14(16-17-18-20)24-9-13(21)19-7-8-23-15(19)22/h3-6,10H,7-9H2,1-2H3. The lowest BCUT2D eigenvalue weighted by molar-refractivity contribution is -0.125. The van der Waals surface area contributed by atoms with Gasteiger partial charge in [-0.1, -0.05) is 37.7 Å². The van der Waals surface area contributed by atoms with E-state index < -0.39 is 6.09 Å². The van der Waals surface area contributed by atoms with Crippen LogP contribution in [0.4, 0.5) is 4.79 Å². The lowest BCUT2D eigenvalue weighted by atomic mass is 10.0. The van der Waals surface area contributed by atoms with Gasteiger partial charge in [0, 0.05) is 0 Å². The van der Waals surface area contributed by atoms with Gasteiger partial charge in [-0.3, -0.25) is 4.79 Å². The normalized spacial score (nSPS) is 14.3. The molecule has 9 heteroatoms. The van der Waals surface area contributed by atoms with Crippen molar-refractivity contribution in [2.45, 2.75) is 24.9 Å². The maximum Gasteiger partial charge on any atom is 0.416 e. The molecule has 0 bridgehead atoms. The Morgan fingerprint density at radius 2 is 2.08 bits per heavy atom. The van der Waals surface area contributed by atoms with Gasteiger partial charge in [0.2, 0.25) is 11.1 Å². The van der Waals surface area contributed by atoms with E-state index in [2.05, 4.69) is 29.4 Å². The third kappa shape index (κ3) is 3.40. The first-order valence-electron chi connectivity index (χ1n) is 7.55. The Hall–Kier alpha value is -2.42. The van der Waals surface area contributed by atoms with Crippen molar-refractivity contribution in [1.29, 1.82) is 0 Å². The summed E-state index contributed by atoms with van der Waals surface area (Å²) in [5.74, 6) is 0.200. The van der Waals surface area contributed by atoms with Crippen LogP contribution in [0.1, 0.15) is 25.3 Å². The molecule has 2 amide bonds. The van der Waals surface area contributed by atoms with E-state index in [4.69, 9.17) is 4.74 Å². The molecule has 0 saturated carbocycles. The minimum Gasteiger partial charge on any atom is -0.447 e. The number of aromatic nitrogens is 4. The molecule has 1 aliphatic rings. The summed E-state index contributed by atoms with van der Waals surface area (Å²) in [5.41, 5.74) is 2.05. The highest BCUT2D eigenvalue weighted by Crippen LogP contribution is 2.21. The zero-order chi connectivity index (χ0) is 17.1. The maximum atomic E-state index is 12.0. The van der Waals surface area contributed by atoms with Crippen LogP contribution in [0.15, 0.2) is 29.4 Å². The second-order valence-electron chi connectivity index (χ2n) is 5.57. The zero-order valence-corrected chi connectivity index (χ0v) is 14.2. The summed E-state index contributed by atoms with van der Waals surface area (Å²) in [6, 6.07) is 7.94. The van der Waals surface area contributed by atoms with Gasteiger partial charge in [-0.15, -0.1) is 5.10 Å². The average Bonchev–Trinajstić information content (AvgIpc) is 3.21. The molecule has 0 atom stereocenters. The Morgan fingerprint density at radius 1 is 1.33 bits per heavy atom. The fraction of sp³-hybridized carbons (Fsp3) is 0.400. The van der Waals surface area contributed by atoms with Crippen LogP contribution in [-0.4, -0.2) is 56.0 Å². The smallest absolute Gasteiger partial charge is 0.416 e. The van der Waals surface area contributed by atoms with E-state index in [1.807, 2.05) is 24.3 Å². The highest BCUT2D eigenvalue weighted by Gasteiger charge is 2.28. The van der Waals surface area contributed by atoms with Crippen LogP contribution in [0.25, 0.3) is 5.69 Å². The topological polar surface area (TPSA) is 90.2 Å². The van der Waals surface area contributed by atoms with Crippen LogP contribution in [0, 0.1) is 0 Å². The number of nitrogens with zero attached hydrogens (tertiary/aromatic N) is 5. The molecule has 0 N–H and O–H groups in total. The number of tetrazole rings is 1. The number of rotatable bonds is 5. The Morgan fingerprint density at radius 3 is 2.71 bits per heavy atom. The molecule has 1 aromatic carbocycles. The van der Waals surface area contributed by atoms with Gasteiger partial charge in [-0.25, -0.2) is 9.69 Å². The monoisotopic (exact) mass is 347 g/mol. The number of carbonyl (C=O) groups excluding carboxylic acids is 2. The number of carbonyl (C=O) groups is 2. The number of amides is 2. The molecule has 1 saturated heterocycles. The molecule has 3 rings (SSSR count).